The second-order valence-corrected chi connectivity index (χ2v) is 6.50. The van der Waals surface area contributed by atoms with Crippen LogP contribution in [0.1, 0.15) is 51.0 Å². The number of carbonyl (C=O) groups excluding carboxylic acids is 1. The van der Waals surface area contributed by atoms with E-state index in [0.717, 1.165) is 24.8 Å². The molecule has 0 spiro atoms. The molecule has 0 bridgehead atoms. The first-order valence-corrected chi connectivity index (χ1v) is 7.36. The fraction of sp³-hybridized carbons (Fsp3) is 0.529. The molecule has 0 aromatic heterocycles. The monoisotopic (exact) mass is 288 g/mol. The quantitative estimate of drug-likeness (QED) is 0.921. The summed E-state index contributed by atoms with van der Waals surface area (Å²) in [6.07, 6.45) is 3.03. The maximum atomic E-state index is 12.9. The van der Waals surface area contributed by atoms with E-state index < -0.39 is 5.41 Å². The molecule has 3 nitrogen and oxygen atoms in total. The highest BCUT2D eigenvalue weighted by Gasteiger charge is 2.29. The van der Waals surface area contributed by atoms with Gasteiger partial charge in [0, 0.05) is 12.5 Å². The Hall–Kier alpha value is -1.89. The van der Waals surface area contributed by atoms with E-state index in [4.69, 9.17) is 5.26 Å². The summed E-state index contributed by atoms with van der Waals surface area (Å²) in [7, 11) is 0. The second kappa shape index (κ2) is 6.26. The number of nitrogens with one attached hydrogen (secondary N) is 1. The first-order chi connectivity index (χ1) is 9.89. The van der Waals surface area contributed by atoms with E-state index in [1.54, 1.807) is 13.8 Å². The molecule has 0 aliphatic heterocycles. The maximum absolute atomic E-state index is 12.9. The van der Waals surface area contributed by atoms with Crippen LogP contribution in [0.2, 0.25) is 0 Å². The van der Waals surface area contributed by atoms with Gasteiger partial charge in [0.05, 0.1) is 11.5 Å². The summed E-state index contributed by atoms with van der Waals surface area (Å²) in [5.41, 5.74) is 0.504. The third kappa shape index (κ3) is 4.29. The van der Waals surface area contributed by atoms with Crippen molar-refractivity contribution in [3.8, 4) is 6.07 Å². The average molecular weight is 288 g/mol. The third-order valence-electron chi connectivity index (χ3n) is 4.04. The van der Waals surface area contributed by atoms with Crippen molar-refractivity contribution in [2.75, 3.05) is 0 Å². The molecule has 1 aliphatic rings. The molecule has 112 valence electrons. The van der Waals surface area contributed by atoms with Crippen LogP contribution >= 0.6 is 0 Å². The summed E-state index contributed by atoms with van der Waals surface area (Å²) in [6, 6.07) is 8.91. The van der Waals surface area contributed by atoms with Gasteiger partial charge < -0.3 is 5.32 Å². The number of hydrogen-bond donors (Lipinski definition) is 1. The second-order valence-electron chi connectivity index (χ2n) is 6.50. The summed E-state index contributed by atoms with van der Waals surface area (Å²) in [4.78, 5) is 11.9. The normalized spacial score (nSPS) is 21.8. The smallest absolute Gasteiger partial charge is 0.221 e. The van der Waals surface area contributed by atoms with Gasteiger partial charge in [-0.05, 0) is 56.7 Å². The molecule has 0 saturated heterocycles. The molecule has 0 radical (unpaired) electrons. The minimum Gasteiger partial charge on any atom is -0.353 e. The van der Waals surface area contributed by atoms with E-state index >= 15 is 0 Å². The fourth-order valence-electron chi connectivity index (χ4n) is 2.87. The fourth-order valence-corrected chi connectivity index (χ4v) is 2.87. The number of halogens is 1. The van der Waals surface area contributed by atoms with Crippen LogP contribution in [0.3, 0.4) is 0 Å². The van der Waals surface area contributed by atoms with Crippen LogP contribution in [0.5, 0.6) is 0 Å². The van der Waals surface area contributed by atoms with Crippen LogP contribution in [0.15, 0.2) is 24.3 Å². The number of benzene rings is 1. The number of carbonyl (C=O) groups is 1. The van der Waals surface area contributed by atoms with Crippen LogP contribution in [-0.2, 0) is 4.79 Å². The van der Waals surface area contributed by atoms with Crippen LogP contribution in [0, 0.1) is 22.6 Å². The molecular weight excluding hydrogens is 267 g/mol. The van der Waals surface area contributed by atoms with Gasteiger partial charge in [-0.2, -0.15) is 5.26 Å². The van der Waals surface area contributed by atoms with Gasteiger partial charge >= 0.3 is 0 Å². The Morgan fingerprint density at radius 2 is 2.05 bits per heavy atom. The summed E-state index contributed by atoms with van der Waals surface area (Å²) >= 11 is 0. The molecule has 1 saturated carbocycles. The van der Waals surface area contributed by atoms with Gasteiger partial charge in [0.25, 0.3) is 0 Å². The van der Waals surface area contributed by atoms with E-state index in [9.17, 15) is 9.18 Å². The van der Waals surface area contributed by atoms with Crippen LogP contribution in [0.25, 0.3) is 0 Å². The number of nitrogens with zero attached hydrogens (tertiary/aromatic N) is 1. The predicted octanol–water partition coefficient (Wildman–Crippen LogP) is 3.52. The number of hydrogen-bond acceptors (Lipinski definition) is 2. The number of nitriles is 1. The molecule has 1 amide bonds. The molecule has 1 aromatic rings. The Kier molecular flexibility index (Phi) is 4.62. The molecule has 0 heterocycles. The van der Waals surface area contributed by atoms with E-state index in [2.05, 4.69) is 11.4 Å². The maximum Gasteiger partial charge on any atom is 0.221 e. The molecule has 1 aromatic carbocycles. The van der Waals surface area contributed by atoms with Crippen molar-refractivity contribution in [1.29, 1.82) is 5.26 Å². The summed E-state index contributed by atoms with van der Waals surface area (Å²) in [6.45, 7) is 3.53. The minimum atomic E-state index is -0.626. The molecule has 2 rings (SSSR count). The van der Waals surface area contributed by atoms with Crippen molar-refractivity contribution in [2.24, 2.45) is 5.41 Å². The lowest BCUT2D eigenvalue weighted by atomic mass is 9.91. The Morgan fingerprint density at radius 3 is 2.67 bits per heavy atom. The third-order valence-corrected chi connectivity index (χ3v) is 4.04. The van der Waals surface area contributed by atoms with Gasteiger partial charge in [-0.3, -0.25) is 4.79 Å². The first-order valence-electron chi connectivity index (χ1n) is 7.36. The molecule has 4 heteroatoms. The van der Waals surface area contributed by atoms with E-state index in [0.29, 0.717) is 5.92 Å². The van der Waals surface area contributed by atoms with Crippen molar-refractivity contribution in [3.63, 3.8) is 0 Å². The van der Waals surface area contributed by atoms with Crippen molar-refractivity contribution >= 4 is 5.91 Å². The highest BCUT2D eigenvalue weighted by Crippen LogP contribution is 2.34. The zero-order valence-corrected chi connectivity index (χ0v) is 12.5. The van der Waals surface area contributed by atoms with Gasteiger partial charge in [-0.15, -0.1) is 0 Å². The minimum absolute atomic E-state index is 0.0636. The van der Waals surface area contributed by atoms with Gasteiger partial charge in [0.15, 0.2) is 0 Å². The highest BCUT2D eigenvalue weighted by atomic mass is 19.1. The average Bonchev–Trinajstić information content (AvgIpc) is 2.87. The van der Waals surface area contributed by atoms with Crippen LogP contribution in [-0.4, -0.2) is 11.9 Å². The van der Waals surface area contributed by atoms with Gasteiger partial charge in [-0.25, -0.2) is 4.39 Å². The predicted molar refractivity (Wildman–Crippen MR) is 78.9 cm³/mol. The molecular formula is C17H21FN2O. The Morgan fingerprint density at radius 1 is 1.38 bits per heavy atom. The zero-order chi connectivity index (χ0) is 15.5. The summed E-state index contributed by atoms with van der Waals surface area (Å²) in [5.74, 6) is 0.0894. The Labute approximate surface area is 125 Å². The Bertz CT molecular complexity index is 545. The number of amides is 1. The SMILES string of the molecule is CC(C)(C#N)CC(=O)N[C@H]1CC[C@H](c2ccc(F)cc2)C1. The standard InChI is InChI=1S/C17H21FN2O/c1-17(2,11-19)10-16(21)20-15-8-5-13(9-15)12-3-6-14(18)7-4-12/h3-4,6-7,13,15H,5,8-10H2,1-2H3,(H,20,21)/t13-,15-/m0/s1. The zero-order valence-electron chi connectivity index (χ0n) is 12.5. The van der Waals surface area contributed by atoms with Gasteiger partial charge in [0.2, 0.25) is 5.91 Å². The lowest BCUT2D eigenvalue weighted by Crippen LogP contribution is -2.35. The van der Waals surface area contributed by atoms with E-state index in [-0.39, 0.29) is 24.2 Å². The van der Waals surface area contributed by atoms with Crippen LogP contribution in [0.4, 0.5) is 4.39 Å². The van der Waals surface area contributed by atoms with Gasteiger partial charge in [0.1, 0.15) is 5.82 Å². The molecule has 2 atom stereocenters. The number of rotatable bonds is 4. The molecule has 1 fully saturated rings. The van der Waals surface area contributed by atoms with Crippen molar-refractivity contribution in [1.82, 2.24) is 5.32 Å². The largest absolute Gasteiger partial charge is 0.353 e. The molecule has 21 heavy (non-hydrogen) atoms. The Balaban J connectivity index is 1.87. The summed E-state index contributed by atoms with van der Waals surface area (Å²) in [5, 5.41) is 12.0. The lowest BCUT2D eigenvalue weighted by Gasteiger charge is -2.18. The van der Waals surface area contributed by atoms with Crippen molar-refractivity contribution in [3.05, 3.63) is 35.6 Å². The highest BCUT2D eigenvalue weighted by molar-refractivity contribution is 5.77. The van der Waals surface area contributed by atoms with Crippen molar-refractivity contribution in [2.45, 2.75) is 51.5 Å². The van der Waals surface area contributed by atoms with E-state index in [1.807, 2.05) is 12.1 Å². The van der Waals surface area contributed by atoms with Gasteiger partial charge in [-0.1, -0.05) is 12.1 Å². The van der Waals surface area contributed by atoms with Crippen LogP contribution < -0.4 is 5.32 Å². The van der Waals surface area contributed by atoms with E-state index in [1.165, 1.54) is 12.1 Å². The topological polar surface area (TPSA) is 52.9 Å². The molecule has 0 unspecified atom stereocenters. The molecule has 1 N–H and O–H groups in total. The molecule has 1 aliphatic carbocycles. The lowest BCUT2D eigenvalue weighted by molar-refractivity contribution is -0.123. The van der Waals surface area contributed by atoms with Crippen molar-refractivity contribution < 1.29 is 9.18 Å². The summed E-state index contributed by atoms with van der Waals surface area (Å²) < 4.78 is 12.9. The first kappa shape index (κ1) is 15.5.